The molecule has 6 rings (SSSR count). The van der Waals surface area contributed by atoms with Crippen LogP contribution >= 0.6 is 0 Å². The number of benzene rings is 4. The average Bonchev–Trinajstić information content (AvgIpc) is 2.93. The van der Waals surface area contributed by atoms with Gasteiger partial charge < -0.3 is 0 Å². The quantitative estimate of drug-likeness (QED) is 0.296. The molecule has 0 N–H and O–H groups in total. The summed E-state index contributed by atoms with van der Waals surface area (Å²) >= 11 is 0. The highest BCUT2D eigenvalue weighted by atomic mass is 15.0. The third kappa shape index (κ3) is 3.93. The second-order valence-electron chi connectivity index (χ2n) is 8.06. The molecule has 6 aromatic rings. The Morgan fingerprint density at radius 2 is 0.912 bits per heavy atom. The summed E-state index contributed by atoms with van der Waals surface area (Å²) in [6.07, 6.45) is 3.67. The maximum absolute atomic E-state index is 4.85. The Balaban J connectivity index is 1.51. The number of pyridine rings is 1. The van der Waals surface area contributed by atoms with Gasteiger partial charge in [0.1, 0.15) is 0 Å². The van der Waals surface area contributed by atoms with Gasteiger partial charge in [0, 0.05) is 34.6 Å². The van der Waals surface area contributed by atoms with Gasteiger partial charge in [0.15, 0.2) is 17.5 Å². The minimum absolute atomic E-state index is 0.654. The van der Waals surface area contributed by atoms with Crippen molar-refractivity contribution in [1.29, 1.82) is 0 Å². The number of rotatable bonds is 4. The topological polar surface area (TPSA) is 51.6 Å². The lowest BCUT2D eigenvalue weighted by Crippen LogP contribution is -2.00. The van der Waals surface area contributed by atoms with Gasteiger partial charge in [0.2, 0.25) is 0 Å². The first-order chi connectivity index (χ1) is 16.8. The number of hydrogen-bond acceptors (Lipinski definition) is 4. The predicted octanol–water partition coefficient (Wildman–Crippen LogP) is 7.09. The van der Waals surface area contributed by atoms with Gasteiger partial charge in [-0.2, -0.15) is 0 Å². The molecular weight excluding hydrogens is 416 g/mol. The highest BCUT2D eigenvalue weighted by molar-refractivity contribution is 5.90. The molecule has 0 aliphatic heterocycles. The fraction of sp³-hybridized carbons (Fsp3) is 0. The van der Waals surface area contributed by atoms with Crippen molar-refractivity contribution >= 4 is 10.8 Å². The highest BCUT2D eigenvalue weighted by Gasteiger charge is 2.12. The van der Waals surface area contributed by atoms with E-state index in [-0.39, 0.29) is 0 Å². The minimum atomic E-state index is 0.654. The smallest absolute Gasteiger partial charge is 0.164 e. The van der Waals surface area contributed by atoms with Gasteiger partial charge in [0.25, 0.3) is 0 Å². The molecule has 2 heterocycles. The number of nitrogens with zero attached hydrogens (tertiary/aromatic N) is 4. The fourth-order valence-corrected chi connectivity index (χ4v) is 4.04. The van der Waals surface area contributed by atoms with Crippen molar-refractivity contribution in [3.63, 3.8) is 0 Å². The molecule has 0 aliphatic rings. The summed E-state index contributed by atoms with van der Waals surface area (Å²) < 4.78 is 0. The molecule has 4 heteroatoms. The zero-order valence-corrected chi connectivity index (χ0v) is 18.3. The molecule has 0 bridgehead atoms. The third-order valence-corrected chi connectivity index (χ3v) is 5.79. The molecule has 160 valence electrons. The summed E-state index contributed by atoms with van der Waals surface area (Å²) in [4.78, 5) is 18.8. The van der Waals surface area contributed by atoms with Crippen LogP contribution in [0.3, 0.4) is 0 Å². The monoisotopic (exact) mass is 436 g/mol. The molecule has 34 heavy (non-hydrogen) atoms. The van der Waals surface area contributed by atoms with E-state index in [1.54, 1.807) is 6.20 Å². The van der Waals surface area contributed by atoms with E-state index in [1.807, 2.05) is 72.9 Å². The van der Waals surface area contributed by atoms with Crippen LogP contribution in [0.4, 0.5) is 0 Å². The third-order valence-electron chi connectivity index (χ3n) is 5.79. The fourth-order valence-electron chi connectivity index (χ4n) is 4.04. The van der Waals surface area contributed by atoms with Crippen molar-refractivity contribution in [2.45, 2.75) is 0 Å². The Kier molecular flexibility index (Phi) is 5.09. The molecule has 0 aliphatic carbocycles. The van der Waals surface area contributed by atoms with Crippen molar-refractivity contribution < 1.29 is 0 Å². The summed E-state index contributed by atoms with van der Waals surface area (Å²) in [5.41, 5.74) is 5.09. The van der Waals surface area contributed by atoms with Crippen LogP contribution in [-0.2, 0) is 0 Å². The van der Waals surface area contributed by atoms with Crippen molar-refractivity contribution in [1.82, 2.24) is 19.9 Å². The van der Waals surface area contributed by atoms with Gasteiger partial charge in [-0.05, 0) is 34.5 Å². The summed E-state index contributed by atoms with van der Waals surface area (Å²) in [5, 5.41) is 2.29. The Hall–Kier alpha value is -4.70. The van der Waals surface area contributed by atoms with Crippen LogP contribution in [0.2, 0.25) is 0 Å². The molecule has 0 radical (unpaired) electrons. The molecular formula is C30H20N4. The number of aromatic nitrogens is 4. The first-order valence-electron chi connectivity index (χ1n) is 11.1. The molecule has 0 saturated carbocycles. The SMILES string of the molecule is c1ccc(-c2nc(-c3ccccc3)nc(-c3ccc4ccc(-c5cccnc5)cc4c3)n2)cc1. The van der Waals surface area contributed by atoms with E-state index in [4.69, 9.17) is 15.0 Å². The van der Waals surface area contributed by atoms with Crippen LogP contribution in [0.25, 0.3) is 56.1 Å². The minimum Gasteiger partial charge on any atom is -0.264 e. The lowest BCUT2D eigenvalue weighted by molar-refractivity contribution is 1.07. The van der Waals surface area contributed by atoms with Crippen molar-refractivity contribution in [3.8, 4) is 45.3 Å². The first-order valence-corrected chi connectivity index (χ1v) is 11.1. The normalized spacial score (nSPS) is 10.9. The zero-order chi connectivity index (χ0) is 22.7. The Morgan fingerprint density at radius 1 is 0.382 bits per heavy atom. The Bertz CT molecular complexity index is 1520. The van der Waals surface area contributed by atoms with Gasteiger partial charge in [-0.15, -0.1) is 0 Å². The Morgan fingerprint density at radius 3 is 1.50 bits per heavy atom. The molecule has 0 spiro atoms. The van der Waals surface area contributed by atoms with Crippen LogP contribution in [-0.4, -0.2) is 19.9 Å². The molecule has 0 amide bonds. The van der Waals surface area contributed by atoms with E-state index in [0.29, 0.717) is 17.5 Å². The molecule has 4 nitrogen and oxygen atoms in total. The number of fused-ring (bicyclic) bond motifs is 1. The summed E-state index contributed by atoms with van der Waals surface area (Å²) in [6, 6.07) is 36.9. The molecule has 0 atom stereocenters. The second-order valence-corrected chi connectivity index (χ2v) is 8.06. The van der Waals surface area contributed by atoms with Gasteiger partial charge in [-0.25, -0.2) is 15.0 Å². The maximum atomic E-state index is 4.85. The first kappa shape index (κ1) is 19.9. The number of hydrogen-bond donors (Lipinski definition) is 0. The lowest BCUT2D eigenvalue weighted by Gasteiger charge is -2.09. The maximum Gasteiger partial charge on any atom is 0.164 e. The zero-order valence-electron chi connectivity index (χ0n) is 18.3. The van der Waals surface area contributed by atoms with Gasteiger partial charge in [-0.3, -0.25) is 4.98 Å². The molecule has 4 aromatic carbocycles. The Labute approximate surface area is 197 Å². The standard InChI is InChI=1S/C30H20N4/c1-3-8-22(9-4-1)28-32-29(23-10-5-2-6-11-23)34-30(33-28)25-16-14-21-13-15-24(18-27(21)19-25)26-12-7-17-31-20-26/h1-20H. The van der Waals surface area contributed by atoms with E-state index < -0.39 is 0 Å². The van der Waals surface area contributed by atoms with E-state index in [0.717, 1.165) is 38.6 Å². The van der Waals surface area contributed by atoms with Crippen LogP contribution in [0, 0.1) is 0 Å². The second kappa shape index (κ2) is 8.68. The lowest BCUT2D eigenvalue weighted by atomic mass is 10.0. The van der Waals surface area contributed by atoms with Gasteiger partial charge in [-0.1, -0.05) is 91.0 Å². The summed E-state index contributed by atoms with van der Waals surface area (Å²) in [5.74, 6) is 1.98. The van der Waals surface area contributed by atoms with Crippen molar-refractivity contribution in [2.24, 2.45) is 0 Å². The largest absolute Gasteiger partial charge is 0.264 e. The van der Waals surface area contributed by atoms with Crippen molar-refractivity contribution in [3.05, 3.63) is 122 Å². The predicted molar refractivity (Wildman–Crippen MR) is 137 cm³/mol. The van der Waals surface area contributed by atoms with Crippen molar-refractivity contribution in [2.75, 3.05) is 0 Å². The van der Waals surface area contributed by atoms with Crippen LogP contribution in [0.15, 0.2) is 122 Å². The average molecular weight is 437 g/mol. The van der Waals surface area contributed by atoms with Gasteiger partial charge >= 0.3 is 0 Å². The van der Waals surface area contributed by atoms with E-state index >= 15 is 0 Å². The van der Waals surface area contributed by atoms with Crippen LogP contribution in [0.1, 0.15) is 0 Å². The summed E-state index contributed by atoms with van der Waals surface area (Å²) in [6.45, 7) is 0. The summed E-state index contributed by atoms with van der Waals surface area (Å²) in [7, 11) is 0. The van der Waals surface area contributed by atoms with Crippen LogP contribution < -0.4 is 0 Å². The van der Waals surface area contributed by atoms with Crippen LogP contribution in [0.5, 0.6) is 0 Å². The molecule has 2 aromatic heterocycles. The molecule has 0 fully saturated rings. The van der Waals surface area contributed by atoms with E-state index in [2.05, 4.69) is 47.4 Å². The molecule has 0 saturated heterocycles. The molecule has 0 unspecified atom stereocenters. The van der Waals surface area contributed by atoms with E-state index in [9.17, 15) is 0 Å². The van der Waals surface area contributed by atoms with E-state index in [1.165, 1.54) is 0 Å². The highest BCUT2D eigenvalue weighted by Crippen LogP contribution is 2.29. The van der Waals surface area contributed by atoms with Gasteiger partial charge in [0.05, 0.1) is 0 Å².